The van der Waals surface area contributed by atoms with Crippen molar-refractivity contribution in [3.05, 3.63) is 58.4 Å². The van der Waals surface area contributed by atoms with Gasteiger partial charge in [-0.15, -0.1) is 0 Å². The number of hydrogen-bond acceptors (Lipinski definition) is 4. The molecule has 0 bridgehead atoms. The summed E-state index contributed by atoms with van der Waals surface area (Å²) in [6.45, 7) is 0. The van der Waals surface area contributed by atoms with Crippen molar-refractivity contribution in [2.24, 2.45) is 0 Å². The summed E-state index contributed by atoms with van der Waals surface area (Å²) in [6.07, 6.45) is 3.49. The molecular weight excluding hydrogens is 236 g/mol. The molecule has 0 amide bonds. The number of esters is 1. The fourth-order valence-electron chi connectivity index (χ4n) is 1.63. The molecule has 0 atom stereocenters. The van der Waals surface area contributed by atoms with E-state index >= 15 is 0 Å². The fourth-order valence-corrected chi connectivity index (χ4v) is 1.63. The number of non-ortho nitro benzene ring substituents is 1. The zero-order valence-corrected chi connectivity index (χ0v) is 9.57. The van der Waals surface area contributed by atoms with Gasteiger partial charge in [-0.3, -0.25) is 10.1 Å². The number of carbonyl (C=O) groups excluding carboxylic acids is 1. The zero-order valence-electron chi connectivity index (χ0n) is 9.57. The van der Waals surface area contributed by atoms with Crippen molar-refractivity contribution in [1.82, 2.24) is 4.57 Å². The van der Waals surface area contributed by atoms with E-state index in [9.17, 15) is 14.9 Å². The first-order chi connectivity index (χ1) is 8.63. The van der Waals surface area contributed by atoms with Gasteiger partial charge in [0, 0.05) is 24.5 Å². The highest BCUT2D eigenvalue weighted by Gasteiger charge is 2.17. The topological polar surface area (TPSA) is 74.4 Å². The number of nitro benzene ring substituents is 1. The molecule has 1 aromatic heterocycles. The second kappa shape index (κ2) is 4.70. The first-order valence-corrected chi connectivity index (χ1v) is 5.13. The Morgan fingerprint density at radius 3 is 2.56 bits per heavy atom. The Labute approximate surface area is 103 Å². The van der Waals surface area contributed by atoms with Gasteiger partial charge < -0.3 is 9.30 Å². The third-order valence-electron chi connectivity index (χ3n) is 2.48. The van der Waals surface area contributed by atoms with Crippen LogP contribution in [0.2, 0.25) is 0 Å². The molecule has 6 heteroatoms. The summed E-state index contributed by atoms with van der Waals surface area (Å²) < 4.78 is 6.33. The lowest BCUT2D eigenvalue weighted by atomic mass is 10.1. The minimum absolute atomic E-state index is 0.147. The van der Waals surface area contributed by atoms with Gasteiger partial charge in [0.25, 0.3) is 5.69 Å². The monoisotopic (exact) mass is 246 g/mol. The Balaban J connectivity index is 2.59. The average Bonchev–Trinajstić information content (AvgIpc) is 2.90. The maximum Gasteiger partial charge on any atom is 0.340 e. The van der Waals surface area contributed by atoms with Crippen LogP contribution in [-0.4, -0.2) is 22.6 Å². The van der Waals surface area contributed by atoms with E-state index in [1.807, 2.05) is 0 Å². The van der Waals surface area contributed by atoms with Crippen molar-refractivity contribution in [3.8, 4) is 5.69 Å². The average molecular weight is 246 g/mol. The van der Waals surface area contributed by atoms with E-state index in [4.69, 9.17) is 0 Å². The quantitative estimate of drug-likeness (QED) is 0.472. The van der Waals surface area contributed by atoms with E-state index in [1.54, 1.807) is 29.1 Å². The Hall–Kier alpha value is -2.63. The van der Waals surface area contributed by atoms with E-state index in [2.05, 4.69) is 4.74 Å². The molecule has 92 valence electrons. The van der Waals surface area contributed by atoms with Gasteiger partial charge in [0.05, 0.1) is 23.3 Å². The van der Waals surface area contributed by atoms with Crippen LogP contribution >= 0.6 is 0 Å². The number of carbonyl (C=O) groups is 1. The lowest BCUT2D eigenvalue weighted by molar-refractivity contribution is -0.384. The van der Waals surface area contributed by atoms with Crippen LogP contribution in [0.4, 0.5) is 5.69 Å². The van der Waals surface area contributed by atoms with Crippen molar-refractivity contribution >= 4 is 11.7 Å². The van der Waals surface area contributed by atoms with Gasteiger partial charge in [-0.05, 0) is 18.2 Å². The lowest BCUT2D eigenvalue weighted by Crippen LogP contribution is -2.07. The molecule has 1 heterocycles. The summed E-state index contributed by atoms with van der Waals surface area (Å²) in [4.78, 5) is 21.8. The molecule has 6 nitrogen and oxygen atoms in total. The molecule has 2 aromatic rings. The molecule has 1 aromatic carbocycles. The Morgan fingerprint density at radius 1 is 1.33 bits per heavy atom. The molecule has 18 heavy (non-hydrogen) atoms. The Morgan fingerprint density at radius 2 is 2.00 bits per heavy atom. The summed E-state index contributed by atoms with van der Waals surface area (Å²) in [5, 5.41) is 10.7. The minimum atomic E-state index is -0.609. The number of methoxy groups -OCH3 is 1. The summed E-state index contributed by atoms with van der Waals surface area (Å²) in [6, 6.07) is 7.66. The molecule has 0 unspecified atom stereocenters. The molecule has 0 fully saturated rings. The standard InChI is InChI=1S/C12H10N2O4/c1-18-12(15)10-8-9(14(16)17)4-5-11(10)13-6-2-3-7-13/h2-8H,1H3. The normalized spacial score (nSPS) is 10.1. The van der Waals surface area contributed by atoms with Crippen LogP contribution in [0.25, 0.3) is 5.69 Å². The third kappa shape index (κ3) is 2.08. The van der Waals surface area contributed by atoms with E-state index in [-0.39, 0.29) is 11.3 Å². The van der Waals surface area contributed by atoms with Gasteiger partial charge in [0.15, 0.2) is 0 Å². The molecule has 0 N–H and O–H groups in total. The summed E-state index contributed by atoms with van der Waals surface area (Å²) in [5.74, 6) is -0.609. The SMILES string of the molecule is COC(=O)c1cc([N+](=O)[O-])ccc1-n1cccc1. The maximum atomic E-state index is 11.6. The number of benzene rings is 1. The van der Waals surface area contributed by atoms with Crippen LogP contribution in [0.15, 0.2) is 42.7 Å². The second-order valence-corrected chi connectivity index (χ2v) is 3.54. The minimum Gasteiger partial charge on any atom is -0.465 e. The van der Waals surface area contributed by atoms with Gasteiger partial charge >= 0.3 is 5.97 Å². The summed E-state index contributed by atoms with van der Waals surface area (Å²) in [5.41, 5.74) is 0.548. The largest absolute Gasteiger partial charge is 0.465 e. The van der Waals surface area contributed by atoms with Crippen LogP contribution in [-0.2, 0) is 4.74 Å². The van der Waals surface area contributed by atoms with E-state index in [0.29, 0.717) is 5.69 Å². The Kier molecular flexibility index (Phi) is 3.09. The van der Waals surface area contributed by atoms with Gasteiger partial charge in [-0.1, -0.05) is 0 Å². The van der Waals surface area contributed by atoms with Crippen molar-refractivity contribution in [2.45, 2.75) is 0 Å². The van der Waals surface area contributed by atoms with Gasteiger partial charge in [0.2, 0.25) is 0 Å². The molecule has 0 spiro atoms. The molecule has 0 radical (unpaired) electrons. The maximum absolute atomic E-state index is 11.6. The fraction of sp³-hybridized carbons (Fsp3) is 0.0833. The highest BCUT2D eigenvalue weighted by Crippen LogP contribution is 2.22. The van der Waals surface area contributed by atoms with E-state index < -0.39 is 10.9 Å². The number of nitro groups is 1. The van der Waals surface area contributed by atoms with Gasteiger partial charge in [-0.2, -0.15) is 0 Å². The van der Waals surface area contributed by atoms with Crippen LogP contribution in [0.5, 0.6) is 0 Å². The number of hydrogen-bond donors (Lipinski definition) is 0. The van der Waals surface area contributed by atoms with Crippen LogP contribution in [0, 0.1) is 10.1 Å². The highest BCUT2D eigenvalue weighted by molar-refractivity contribution is 5.94. The molecule has 0 aliphatic rings. The van der Waals surface area contributed by atoms with Crippen LogP contribution < -0.4 is 0 Å². The Bertz CT molecular complexity index is 590. The predicted molar refractivity (Wildman–Crippen MR) is 63.8 cm³/mol. The lowest BCUT2D eigenvalue weighted by Gasteiger charge is -2.08. The van der Waals surface area contributed by atoms with Gasteiger partial charge in [-0.25, -0.2) is 4.79 Å². The first kappa shape index (κ1) is 11.8. The molecular formula is C12H10N2O4. The van der Waals surface area contributed by atoms with Crippen molar-refractivity contribution in [1.29, 1.82) is 0 Å². The van der Waals surface area contributed by atoms with Crippen molar-refractivity contribution in [3.63, 3.8) is 0 Å². The van der Waals surface area contributed by atoms with Crippen molar-refractivity contribution < 1.29 is 14.5 Å². The molecule has 0 aliphatic heterocycles. The summed E-state index contributed by atoms with van der Waals surface area (Å²) >= 11 is 0. The van der Waals surface area contributed by atoms with Gasteiger partial charge in [0.1, 0.15) is 0 Å². The number of ether oxygens (including phenoxy) is 1. The highest BCUT2D eigenvalue weighted by atomic mass is 16.6. The van der Waals surface area contributed by atoms with Crippen molar-refractivity contribution in [2.75, 3.05) is 7.11 Å². The van der Waals surface area contributed by atoms with Crippen LogP contribution in [0.3, 0.4) is 0 Å². The van der Waals surface area contributed by atoms with E-state index in [1.165, 1.54) is 25.3 Å². The zero-order chi connectivity index (χ0) is 13.1. The van der Waals surface area contributed by atoms with E-state index in [0.717, 1.165) is 0 Å². The number of rotatable bonds is 3. The number of aromatic nitrogens is 1. The van der Waals surface area contributed by atoms with Crippen LogP contribution in [0.1, 0.15) is 10.4 Å². The molecule has 0 saturated carbocycles. The molecule has 0 aliphatic carbocycles. The summed E-state index contributed by atoms with van der Waals surface area (Å²) in [7, 11) is 1.24. The third-order valence-corrected chi connectivity index (χ3v) is 2.48. The second-order valence-electron chi connectivity index (χ2n) is 3.54. The molecule has 0 saturated heterocycles. The number of nitrogens with zero attached hydrogens (tertiary/aromatic N) is 2. The molecule has 2 rings (SSSR count). The first-order valence-electron chi connectivity index (χ1n) is 5.13. The predicted octanol–water partition coefficient (Wildman–Crippen LogP) is 2.17. The smallest absolute Gasteiger partial charge is 0.340 e.